The Kier molecular flexibility index (Phi) is 8.24. The number of hydrogen-bond acceptors (Lipinski definition) is 4. The van der Waals surface area contributed by atoms with Gasteiger partial charge in [-0.25, -0.2) is 0 Å². The van der Waals surface area contributed by atoms with Crippen molar-refractivity contribution in [3.05, 3.63) is 0 Å². The van der Waals surface area contributed by atoms with Gasteiger partial charge in [-0.15, -0.1) is 24.8 Å². The van der Waals surface area contributed by atoms with Crippen LogP contribution in [0.4, 0.5) is 0 Å². The molecule has 0 bridgehead atoms. The van der Waals surface area contributed by atoms with Crippen molar-refractivity contribution in [2.24, 2.45) is 5.92 Å². The third-order valence-electron chi connectivity index (χ3n) is 4.08. The zero-order valence-corrected chi connectivity index (χ0v) is 12.9. The van der Waals surface area contributed by atoms with Crippen molar-refractivity contribution in [2.45, 2.75) is 37.8 Å². The maximum absolute atomic E-state index is 11.4. The topological polar surface area (TPSA) is 73.4 Å². The highest BCUT2D eigenvalue weighted by Crippen LogP contribution is 2.33. The first-order chi connectivity index (χ1) is 8.16. The SMILES string of the molecule is CC(=O)N[C@]1(C2CCNCC2)CN[C@H](CO)C1.Cl.Cl. The Morgan fingerprint density at radius 3 is 2.47 bits per heavy atom. The number of aliphatic hydroxyl groups is 1. The molecule has 114 valence electrons. The van der Waals surface area contributed by atoms with E-state index in [9.17, 15) is 9.90 Å². The van der Waals surface area contributed by atoms with Crippen LogP contribution in [0.3, 0.4) is 0 Å². The van der Waals surface area contributed by atoms with Gasteiger partial charge in [0.25, 0.3) is 0 Å². The largest absolute Gasteiger partial charge is 0.395 e. The second-order valence-electron chi connectivity index (χ2n) is 5.33. The monoisotopic (exact) mass is 313 g/mol. The van der Waals surface area contributed by atoms with Gasteiger partial charge >= 0.3 is 0 Å². The van der Waals surface area contributed by atoms with Gasteiger partial charge in [0.15, 0.2) is 0 Å². The highest BCUT2D eigenvalue weighted by atomic mass is 35.5. The molecule has 2 aliphatic rings. The van der Waals surface area contributed by atoms with Gasteiger partial charge in [-0.1, -0.05) is 0 Å². The molecule has 1 amide bonds. The van der Waals surface area contributed by atoms with Crippen molar-refractivity contribution in [3.63, 3.8) is 0 Å². The molecule has 0 aromatic heterocycles. The molecule has 2 atom stereocenters. The Balaban J connectivity index is 0.00000162. The molecule has 5 nitrogen and oxygen atoms in total. The lowest BCUT2D eigenvalue weighted by atomic mass is 9.76. The molecule has 0 spiro atoms. The average Bonchev–Trinajstić information content (AvgIpc) is 2.74. The number of piperidine rings is 1. The van der Waals surface area contributed by atoms with Crippen LogP contribution >= 0.6 is 24.8 Å². The number of rotatable bonds is 3. The average molecular weight is 314 g/mol. The van der Waals surface area contributed by atoms with E-state index in [0.717, 1.165) is 38.9 Å². The van der Waals surface area contributed by atoms with Crippen molar-refractivity contribution in [2.75, 3.05) is 26.2 Å². The minimum absolute atomic E-state index is 0. The second kappa shape index (κ2) is 8.27. The molecule has 2 heterocycles. The molecule has 2 rings (SSSR count). The normalized spacial score (nSPS) is 31.2. The van der Waals surface area contributed by atoms with Gasteiger partial charge < -0.3 is 21.1 Å². The van der Waals surface area contributed by atoms with E-state index in [4.69, 9.17) is 0 Å². The molecular formula is C12H25Cl2N3O2. The van der Waals surface area contributed by atoms with Gasteiger partial charge in [-0.05, 0) is 38.3 Å². The van der Waals surface area contributed by atoms with Crippen LogP contribution in [0.5, 0.6) is 0 Å². The molecule has 2 saturated heterocycles. The summed E-state index contributed by atoms with van der Waals surface area (Å²) >= 11 is 0. The summed E-state index contributed by atoms with van der Waals surface area (Å²) in [5.74, 6) is 0.542. The van der Waals surface area contributed by atoms with Crippen molar-refractivity contribution in [1.82, 2.24) is 16.0 Å². The first kappa shape index (κ1) is 18.9. The Hall–Kier alpha value is -0.0700. The zero-order valence-electron chi connectivity index (χ0n) is 11.3. The lowest BCUT2D eigenvalue weighted by Crippen LogP contribution is -2.57. The Labute approximate surface area is 127 Å². The predicted molar refractivity (Wildman–Crippen MR) is 80.1 cm³/mol. The minimum atomic E-state index is -0.151. The van der Waals surface area contributed by atoms with Gasteiger partial charge in [0.2, 0.25) is 5.91 Å². The molecule has 0 aromatic carbocycles. The van der Waals surface area contributed by atoms with Crippen molar-refractivity contribution >= 4 is 30.7 Å². The van der Waals surface area contributed by atoms with Gasteiger partial charge in [-0.2, -0.15) is 0 Å². The van der Waals surface area contributed by atoms with Crippen LogP contribution in [0.1, 0.15) is 26.2 Å². The number of hydrogen-bond donors (Lipinski definition) is 4. The van der Waals surface area contributed by atoms with E-state index in [0.29, 0.717) is 5.92 Å². The van der Waals surface area contributed by atoms with E-state index in [1.54, 1.807) is 6.92 Å². The zero-order chi connectivity index (χ0) is 12.3. The third kappa shape index (κ3) is 4.46. The van der Waals surface area contributed by atoms with E-state index < -0.39 is 0 Å². The number of carbonyl (C=O) groups is 1. The number of aliphatic hydroxyl groups excluding tert-OH is 1. The van der Waals surface area contributed by atoms with Crippen molar-refractivity contribution in [1.29, 1.82) is 0 Å². The number of halogens is 2. The van der Waals surface area contributed by atoms with Gasteiger partial charge in [0.05, 0.1) is 12.1 Å². The predicted octanol–water partition coefficient (Wildman–Crippen LogP) is 0.0587. The lowest BCUT2D eigenvalue weighted by Gasteiger charge is -2.40. The fourth-order valence-electron chi connectivity index (χ4n) is 3.27. The summed E-state index contributed by atoms with van der Waals surface area (Å²) in [6.45, 7) is 4.55. The van der Waals surface area contributed by atoms with Crippen LogP contribution in [0, 0.1) is 5.92 Å². The molecule has 0 aromatic rings. The van der Waals surface area contributed by atoms with Crippen molar-refractivity contribution in [3.8, 4) is 0 Å². The van der Waals surface area contributed by atoms with Gasteiger partial charge in [-0.3, -0.25) is 4.79 Å². The number of nitrogens with one attached hydrogen (secondary N) is 3. The van der Waals surface area contributed by atoms with Crippen LogP contribution in [-0.4, -0.2) is 48.8 Å². The molecule has 0 aliphatic carbocycles. The van der Waals surface area contributed by atoms with Gasteiger partial charge in [0, 0.05) is 19.5 Å². The molecule has 4 N–H and O–H groups in total. The second-order valence-corrected chi connectivity index (χ2v) is 5.33. The summed E-state index contributed by atoms with van der Waals surface area (Å²) in [4.78, 5) is 11.4. The Morgan fingerprint density at radius 1 is 1.37 bits per heavy atom. The maximum Gasteiger partial charge on any atom is 0.217 e. The van der Waals surface area contributed by atoms with Crippen LogP contribution in [-0.2, 0) is 4.79 Å². The smallest absolute Gasteiger partial charge is 0.217 e. The molecule has 0 unspecified atom stereocenters. The quantitative estimate of drug-likeness (QED) is 0.594. The lowest BCUT2D eigenvalue weighted by molar-refractivity contribution is -0.121. The maximum atomic E-state index is 11.4. The van der Waals surface area contributed by atoms with Crippen LogP contribution in [0.25, 0.3) is 0 Å². The standard InChI is InChI=1S/C12H23N3O2.2ClH/c1-9(17)15-12(6-11(7-16)14-8-12)10-2-4-13-5-3-10;;/h10-11,13-14,16H,2-8H2,1H3,(H,15,17);2*1H/t11-,12-;;/m0../s1. The highest BCUT2D eigenvalue weighted by Gasteiger charge is 2.45. The van der Waals surface area contributed by atoms with Crippen molar-refractivity contribution < 1.29 is 9.90 Å². The molecule has 7 heteroatoms. The number of carbonyl (C=O) groups excluding carboxylic acids is 1. The van der Waals surface area contributed by atoms with Crippen LogP contribution in [0.15, 0.2) is 0 Å². The fraction of sp³-hybridized carbons (Fsp3) is 0.917. The Morgan fingerprint density at radius 2 is 2.00 bits per heavy atom. The van der Waals surface area contributed by atoms with E-state index in [1.807, 2.05) is 0 Å². The summed E-state index contributed by atoms with van der Waals surface area (Å²) in [6, 6.07) is 0.122. The Bertz CT molecular complexity index is 288. The van der Waals surface area contributed by atoms with Crippen LogP contribution in [0.2, 0.25) is 0 Å². The summed E-state index contributed by atoms with van der Waals surface area (Å²) in [7, 11) is 0. The third-order valence-corrected chi connectivity index (χ3v) is 4.08. The first-order valence-electron chi connectivity index (χ1n) is 6.50. The molecule has 2 fully saturated rings. The number of amides is 1. The summed E-state index contributed by atoms with van der Waals surface area (Å²) in [5, 5.41) is 19.1. The summed E-state index contributed by atoms with van der Waals surface area (Å²) in [6.07, 6.45) is 3.04. The molecule has 19 heavy (non-hydrogen) atoms. The summed E-state index contributed by atoms with van der Waals surface area (Å²) < 4.78 is 0. The fourth-order valence-corrected chi connectivity index (χ4v) is 3.27. The molecule has 0 saturated carbocycles. The van der Waals surface area contributed by atoms with E-state index >= 15 is 0 Å². The van der Waals surface area contributed by atoms with Gasteiger partial charge in [0.1, 0.15) is 0 Å². The van der Waals surface area contributed by atoms with E-state index in [2.05, 4.69) is 16.0 Å². The van der Waals surface area contributed by atoms with E-state index in [1.165, 1.54) is 0 Å². The first-order valence-corrected chi connectivity index (χ1v) is 6.50. The van der Waals surface area contributed by atoms with Crippen LogP contribution < -0.4 is 16.0 Å². The molecular weight excluding hydrogens is 289 g/mol. The summed E-state index contributed by atoms with van der Waals surface area (Å²) in [5.41, 5.74) is -0.151. The van der Waals surface area contributed by atoms with E-state index in [-0.39, 0.29) is 48.9 Å². The highest BCUT2D eigenvalue weighted by molar-refractivity contribution is 5.85. The molecule has 0 radical (unpaired) electrons. The molecule has 2 aliphatic heterocycles. The minimum Gasteiger partial charge on any atom is -0.395 e.